The summed E-state index contributed by atoms with van der Waals surface area (Å²) >= 11 is 5.50. The molecule has 2 aromatic rings. The van der Waals surface area contributed by atoms with Crippen LogP contribution in [0.4, 0.5) is 4.39 Å². The van der Waals surface area contributed by atoms with Crippen molar-refractivity contribution in [1.82, 2.24) is 19.9 Å². The third-order valence-corrected chi connectivity index (χ3v) is 4.15. The van der Waals surface area contributed by atoms with Gasteiger partial charge < -0.3 is 9.64 Å². The molecule has 1 aromatic heterocycles. The monoisotopic (exact) mass is 320 g/mol. The number of benzene rings is 1. The first-order valence-corrected chi connectivity index (χ1v) is 7.58. The molecular weight excluding hydrogens is 303 g/mol. The summed E-state index contributed by atoms with van der Waals surface area (Å²) in [6.45, 7) is 5.01. The molecule has 22 heavy (non-hydrogen) atoms. The maximum absolute atomic E-state index is 13.0. The Kier molecular flexibility index (Phi) is 4.44. The number of hydrogen-bond donors (Lipinski definition) is 0. The van der Waals surface area contributed by atoms with E-state index >= 15 is 0 Å². The van der Waals surface area contributed by atoms with Gasteiger partial charge in [0, 0.05) is 19.5 Å². The predicted molar refractivity (Wildman–Crippen MR) is 84.7 cm³/mol. The number of rotatable bonds is 3. The minimum absolute atomic E-state index is 0.268. The van der Waals surface area contributed by atoms with Crippen LogP contribution in [0.3, 0.4) is 0 Å². The molecule has 1 saturated heterocycles. The molecule has 7 heteroatoms. The van der Waals surface area contributed by atoms with Crippen molar-refractivity contribution in [1.29, 1.82) is 0 Å². The van der Waals surface area contributed by atoms with Crippen LogP contribution in [0, 0.1) is 12.7 Å². The van der Waals surface area contributed by atoms with Gasteiger partial charge in [-0.25, -0.2) is 9.07 Å². The molecule has 1 aliphatic rings. The smallest absolute Gasteiger partial charge is 0.123 e. The van der Waals surface area contributed by atoms with Crippen LogP contribution in [-0.4, -0.2) is 51.2 Å². The number of aromatic nitrogens is 3. The fourth-order valence-electron chi connectivity index (χ4n) is 2.42. The van der Waals surface area contributed by atoms with Crippen LogP contribution in [0.5, 0.6) is 0 Å². The highest BCUT2D eigenvalue weighted by Crippen LogP contribution is 2.14. The Morgan fingerprint density at radius 3 is 2.64 bits per heavy atom. The van der Waals surface area contributed by atoms with E-state index in [1.54, 1.807) is 16.8 Å². The van der Waals surface area contributed by atoms with Crippen LogP contribution >= 0.6 is 12.2 Å². The number of halogens is 1. The van der Waals surface area contributed by atoms with Crippen LogP contribution in [0.25, 0.3) is 5.69 Å². The molecule has 2 heterocycles. The lowest BCUT2D eigenvalue weighted by molar-refractivity contribution is 0.0684. The second kappa shape index (κ2) is 6.50. The van der Waals surface area contributed by atoms with E-state index in [0.717, 1.165) is 35.2 Å². The van der Waals surface area contributed by atoms with Crippen molar-refractivity contribution in [2.45, 2.75) is 13.3 Å². The van der Waals surface area contributed by atoms with Crippen LogP contribution in [0.2, 0.25) is 0 Å². The van der Waals surface area contributed by atoms with Gasteiger partial charge in [0.25, 0.3) is 0 Å². The molecule has 0 aliphatic carbocycles. The summed E-state index contributed by atoms with van der Waals surface area (Å²) in [6, 6.07) is 6.19. The summed E-state index contributed by atoms with van der Waals surface area (Å²) in [5.74, 6) is -0.268. The average Bonchev–Trinajstić information content (AvgIpc) is 2.90. The van der Waals surface area contributed by atoms with E-state index in [0.29, 0.717) is 19.6 Å². The maximum atomic E-state index is 13.0. The molecule has 0 saturated carbocycles. The normalized spacial score (nSPS) is 15.1. The SMILES string of the molecule is Cc1c(CC(=S)N2CCOCC2)nnn1-c1ccc(F)cc1. The van der Waals surface area contributed by atoms with E-state index in [2.05, 4.69) is 15.2 Å². The molecule has 116 valence electrons. The Bertz CT molecular complexity index is 665. The lowest BCUT2D eigenvalue weighted by atomic mass is 10.2. The van der Waals surface area contributed by atoms with Crippen molar-refractivity contribution in [2.24, 2.45) is 0 Å². The molecule has 0 amide bonds. The Hall–Kier alpha value is -1.86. The first kappa shape index (κ1) is 15.1. The summed E-state index contributed by atoms with van der Waals surface area (Å²) < 4.78 is 20.0. The summed E-state index contributed by atoms with van der Waals surface area (Å²) in [4.78, 5) is 3.01. The maximum Gasteiger partial charge on any atom is 0.123 e. The molecule has 0 N–H and O–H groups in total. The second-order valence-electron chi connectivity index (χ2n) is 5.18. The first-order valence-electron chi connectivity index (χ1n) is 7.18. The molecular formula is C15H17FN4OS. The zero-order chi connectivity index (χ0) is 15.5. The van der Waals surface area contributed by atoms with Crippen LogP contribution in [0.15, 0.2) is 24.3 Å². The minimum atomic E-state index is -0.268. The summed E-state index contributed by atoms with van der Waals surface area (Å²) in [6.07, 6.45) is 0.586. The van der Waals surface area contributed by atoms with Crippen molar-refractivity contribution in [3.63, 3.8) is 0 Å². The second-order valence-corrected chi connectivity index (χ2v) is 5.65. The third kappa shape index (κ3) is 3.15. The van der Waals surface area contributed by atoms with E-state index in [1.165, 1.54) is 12.1 Å². The van der Waals surface area contributed by atoms with Gasteiger partial charge in [0.15, 0.2) is 0 Å². The van der Waals surface area contributed by atoms with E-state index < -0.39 is 0 Å². The Balaban J connectivity index is 1.75. The van der Waals surface area contributed by atoms with Gasteiger partial charge in [-0.3, -0.25) is 0 Å². The zero-order valence-corrected chi connectivity index (χ0v) is 13.1. The van der Waals surface area contributed by atoms with E-state index in [4.69, 9.17) is 17.0 Å². The first-order chi connectivity index (χ1) is 10.6. The lowest BCUT2D eigenvalue weighted by Crippen LogP contribution is -2.40. The van der Waals surface area contributed by atoms with Crippen LogP contribution < -0.4 is 0 Å². The Labute approximate surface area is 133 Å². The van der Waals surface area contributed by atoms with Crippen molar-refractivity contribution < 1.29 is 9.13 Å². The van der Waals surface area contributed by atoms with Gasteiger partial charge in [-0.1, -0.05) is 17.4 Å². The Morgan fingerprint density at radius 1 is 1.27 bits per heavy atom. The van der Waals surface area contributed by atoms with Gasteiger partial charge in [-0.15, -0.1) is 5.10 Å². The highest BCUT2D eigenvalue weighted by atomic mass is 32.1. The van der Waals surface area contributed by atoms with Crippen molar-refractivity contribution in [2.75, 3.05) is 26.3 Å². The molecule has 0 unspecified atom stereocenters. The largest absolute Gasteiger partial charge is 0.378 e. The molecule has 5 nitrogen and oxygen atoms in total. The molecule has 1 fully saturated rings. The van der Waals surface area contributed by atoms with Gasteiger partial charge in [0.05, 0.1) is 35.3 Å². The number of thiocarbonyl (C=S) groups is 1. The standard InChI is InChI=1S/C15H17FN4OS/c1-11-14(10-15(22)19-6-8-21-9-7-19)17-18-20(11)13-4-2-12(16)3-5-13/h2-5H,6-10H2,1H3. The average molecular weight is 320 g/mol. The van der Waals surface area contributed by atoms with Crippen LogP contribution in [0.1, 0.15) is 11.4 Å². The van der Waals surface area contributed by atoms with Crippen molar-refractivity contribution in [3.05, 3.63) is 41.5 Å². The number of ether oxygens (including phenoxy) is 1. The molecule has 0 spiro atoms. The van der Waals surface area contributed by atoms with Crippen molar-refractivity contribution >= 4 is 17.2 Å². The molecule has 1 aromatic carbocycles. The highest BCUT2D eigenvalue weighted by Gasteiger charge is 2.17. The van der Waals surface area contributed by atoms with E-state index in [9.17, 15) is 4.39 Å². The third-order valence-electron chi connectivity index (χ3n) is 3.74. The van der Waals surface area contributed by atoms with E-state index in [-0.39, 0.29) is 5.82 Å². The fraction of sp³-hybridized carbons (Fsp3) is 0.400. The van der Waals surface area contributed by atoms with E-state index in [1.807, 2.05) is 6.92 Å². The molecule has 0 bridgehead atoms. The lowest BCUT2D eigenvalue weighted by Gasteiger charge is -2.28. The minimum Gasteiger partial charge on any atom is -0.378 e. The number of hydrogen-bond acceptors (Lipinski definition) is 4. The van der Waals surface area contributed by atoms with Gasteiger partial charge in [0.2, 0.25) is 0 Å². The van der Waals surface area contributed by atoms with Gasteiger partial charge >= 0.3 is 0 Å². The highest BCUT2D eigenvalue weighted by molar-refractivity contribution is 7.80. The summed E-state index contributed by atoms with van der Waals surface area (Å²) in [5, 5.41) is 8.38. The number of morpholine rings is 1. The molecule has 3 rings (SSSR count). The van der Waals surface area contributed by atoms with Crippen LogP contribution in [-0.2, 0) is 11.2 Å². The number of nitrogens with zero attached hydrogens (tertiary/aromatic N) is 4. The molecule has 0 radical (unpaired) electrons. The topological polar surface area (TPSA) is 43.2 Å². The van der Waals surface area contributed by atoms with Gasteiger partial charge in [-0.05, 0) is 31.2 Å². The van der Waals surface area contributed by atoms with Gasteiger partial charge in [-0.2, -0.15) is 0 Å². The fourth-order valence-corrected chi connectivity index (χ4v) is 2.74. The zero-order valence-electron chi connectivity index (χ0n) is 12.3. The molecule has 1 aliphatic heterocycles. The molecule has 0 atom stereocenters. The predicted octanol–water partition coefficient (Wildman–Crippen LogP) is 1.92. The van der Waals surface area contributed by atoms with Gasteiger partial charge in [0.1, 0.15) is 5.82 Å². The quantitative estimate of drug-likeness (QED) is 0.809. The summed E-state index contributed by atoms with van der Waals surface area (Å²) in [7, 11) is 0. The Morgan fingerprint density at radius 2 is 1.95 bits per heavy atom. The summed E-state index contributed by atoms with van der Waals surface area (Å²) in [5.41, 5.74) is 2.55. The van der Waals surface area contributed by atoms with Crippen molar-refractivity contribution in [3.8, 4) is 5.69 Å².